The second kappa shape index (κ2) is 7.34. The van der Waals surface area contributed by atoms with E-state index >= 15 is 0 Å². The molecule has 4 aromatic rings. The average Bonchev–Trinajstić information content (AvgIpc) is 2.72. The Balaban J connectivity index is 1.53. The number of rotatable bonds is 4. The lowest BCUT2D eigenvalue weighted by Gasteiger charge is -2.03. The number of fused-ring (bicyclic) bond motifs is 1. The summed E-state index contributed by atoms with van der Waals surface area (Å²) in [7, 11) is 1.67. The van der Waals surface area contributed by atoms with Gasteiger partial charge in [-0.2, -0.15) is 0 Å². The van der Waals surface area contributed by atoms with Gasteiger partial charge >= 0.3 is 0 Å². The minimum absolute atomic E-state index is 0.277. The normalized spacial score (nSPS) is 11.1. The number of phenols is 1. The molecule has 1 aromatic heterocycles. The second-order valence-corrected chi connectivity index (χ2v) is 6.30. The van der Waals surface area contributed by atoms with Gasteiger partial charge < -0.3 is 9.84 Å². The van der Waals surface area contributed by atoms with Crippen LogP contribution in [0.1, 0.15) is 11.3 Å². The minimum atomic E-state index is 0.277. The standard InChI is InChI=1S/C24H19NO2/c1-27-23-14-15-24-20(16-23)7-11-21(25-24)10-4-17-2-5-18(6-3-17)19-8-12-22(26)13-9-19/h2-16,26H,1H3/b10-4+. The maximum Gasteiger partial charge on any atom is 0.119 e. The molecule has 0 amide bonds. The first kappa shape index (κ1) is 16.9. The smallest absolute Gasteiger partial charge is 0.119 e. The topological polar surface area (TPSA) is 42.4 Å². The van der Waals surface area contributed by atoms with Gasteiger partial charge in [-0.15, -0.1) is 0 Å². The molecule has 0 unspecified atom stereocenters. The highest BCUT2D eigenvalue weighted by atomic mass is 16.5. The predicted molar refractivity (Wildman–Crippen MR) is 111 cm³/mol. The first-order valence-corrected chi connectivity index (χ1v) is 8.74. The van der Waals surface area contributed by atoms with Crippen LogP contribution >= 0.6 is 0 Å². The molecule has 0 aliphatic heterocycles. The number of aromatic nitrogens is 1. The number of hydrogen-bond acceptors (Lipinski definition) is 3. The fourth-order valence-electron chi connectivity index (χ4n) is 2.96. The molecule has 1 heterocycles. The summed E-state index contributed by atoms with van der Waals surface area (Å²) in [6, 6.07) is 25.5. The summed E-state index contributed by atoms with van der Waals surface area (Å²) in [4.78, 5) is 4.67. The lowest BCUT2D eigenvalue weighted by molar-refractivity contribution is 0.415. The van der Waals surface area contributed by atoms with Crippen LogP contribution in [-0.4, -0.2) is 17.2 Å². The zero-order valence-corrected chi connectivity index (χ0v) is 15.0. The summed E-state index contributed by atoms with van der Waals surface area (Å²) in [5.74, 6) is 1.11. The first-order chi connectivity index (χ1) is 13.2. The van der Waals surface area contributed by atoms with Crippen LogP contribution in [0.4, 0.5) is 0 Å². The SMILES string of the molecule is COc1ccc2nc(/C=C/c3ccc(-c4ccc(O)cc4)cc3)ccc2c1. The lowest BCUT2D eigenvalue weighted by atomic mass is 10.0. The van der Waals surface area contributed by atoms with Gasteiger partial charge in [-0.25, -0.2) is 4.98 Å². The number of phenolic OH excluding ortho intramolecular Hbond substituents is 1. The number of methoxy groups -OCH3 is 1. The molecule has 0 atom stereocenters. The van der Waals surface area contributed by atoms with Crippen molar-refractivity contribution in [1.29, 1.82) is 0 Å². The zero-order chi connectivity index (χ0) is 18.6. The van der Waals surface area contributed by atoms with Crippen LogP contribution in [0.15, 0.2) is 78.9 Å². The van der Waals surface area contributed by atoms with Gasteiger partial charge in [-0.3, -0.25) is 0 Å². The van der Waals surface area contributed by atoms with Crippen LogP contribution in [0.5, 0.6) is 11.5 Å². The van der Waals surface area contributed by atoms with Crippen molar-refractivity contribution in [1.82, 2.24) is 4.98 Å². The Morgan fingerprint density at radius 2 is 1.48 bits per heavy atom. The molecule has 3 aromatic carbocycles. The molecule has 3 heteroatoms. The van der Waals surface area contributed by atoms with Crippen molar-refractivity contribution in [2.75, 3.05) is 7.11 Å². The molecular weight excluding hydrogens is 334 g/mol. The van der Waals surface area contributed by atoms with Gasteiger partial charge in [0.2, 0.25) is 0 Å². The third kappa shape index (κ3) is 3.82. The van der Waals surface area contributed by atoms with Crippen molar-refractivity contribution < 1.29 is 9.84 Å². The third-order valence-corrected chi connectivity index (χ3v) is 4.48. The van der Waals surface area contributed by atoms with Crippen LogP contribution < -0.4 is 4.74 Å². The third-order valence-electron chi connectivity index (χ3n) is 4.48. The Morgan fingerprint density at radius 3 is 2.19 bits per heavy atom. The van der Waals surface area contributed by atoms with Crippen molar-refractivity contribution in [3.05, 3.63) is 90.1 Å². The molecule has 27 heavy (non-hydrogen) atoms. The first-order valence-electron chi connectivity index (χ1n) is 8.74. The Labute approximate surface area is 158 Å². The molecule has 0 bridgehead atoms. The maximum absolute atomic E-state index is 9.40. The second-order valence-electron chi connectivity index (χ2n) is 6.30. The Hall–Kier alpha value is -3.59. The van der Waals surface area contributed by atoms with E-state index < -0.39 is 0 Å². The van der Waals surface area contributed by atoms with Gasteiger partial charge in [0.1, 0.15) is 11.5 Å². The van der Waals surface area contributed by atoms with E-state index in [4.69, 9.17) is 4.74 Å². The number of ether oxygens (including phenoxy) is 1. The molecular formula is C24H19NO2. The quantitative estimate of drug-likeness (QED) is 0.505. The van der Waals surface area contributed by atoms with Crippen molar-refractivity contribution in [2.45, 2.75) is 0 Å². The van der Waals surface area contributed by atoms with E-state index in [0.29, 0.717) is 0 Å². The zero-order valence-electron chi connectivity index (χ0n) is 15.0. The van der Waals surface area contributed by atoms with E-state index in [2.05, 4.69) is 41.4 Å². The van der Waals surface area contributed by atoms with E-state index in [9.17, 15) is 5.11 Å². The number of pyridine rings is 1. The summed E-state index contributed by atoms with van der Waals surface area (Å²) in [6.07, 6.45) is 4.07. The van der Waals surface area contributed by atoms with Crippen molar-refractivity contribution in [3.8, 4) is 22.6 Å². The van der Waals surface area contributed by atoms with Gasteiger partial charge in [0.05, 0.1) is 18.3 Å². The highest BCUT2D eigenvalue weighted by molar-refractivity contribution is 5.82. The molecule has 4 rings (SSSR count). The molecule has 0 radical (unpaired) electrons. The molecule has 132 valence electrons. The van der Waals surface area contributed by atoms with E-state index in [-0.39, 0.29) is 5.75 Å². The van der Waals surface area contributed by atoms with Gasteiger partial charge in [0.15, 0.2) is 0 Å². The molecule has 0 aliphatic carbocycles. The van der Waals surface area contributed by atoms with E-state index in [0.717, 1.165) is 39.0 Å². The van der Waals surface area contributed by atoms with Crippen LogP contribution in [0.3, 0.4) is 0 Å². The average molecular weight is 353 g/mol. The predicted octanol–water partition coefficient (Wildman–Crippen LogP) is 5.79. The minimum Gasteiger partial charge on any atom is -0.508 e. The van der Waals surface area contributed by atoms with Crippen molar-refractivity contribution in [3.63, 3.8) is 0 Å². The van der Waals surface area contributed by atoms with Crippen molar-refractivity contribution in [2.24, 2.45) is 0 Å². The Bertz CT molecular complexity index is 1100. The van der Waals surface area contributed by atoms with Crippen LogP contribution in [-0.2, 0) is 0 Å². The molecule has 0 spiro atoms. The highest BCUT2D eigenvalue weighted by Crippen LogP contribution is 2.23. The van der Waals surface area contributed by atoms with Crippen molar-refractivity contribution >= 4 is 23.1 Å². The van der Waals surface area contributed by atoms with Crippen LogP contribution in [0, 0.1) is 0 Å². The Kier molecular flexibility index (Phi) is 4.58. The fraction of sp³-hybridized carbons (Fsp3) is 0.0417. The van der Waals surface area contributed by atoms with E-state index in [1.165, 1.54) is 0 Å². The summed E-state index contributed by atoms with van der Waals surface area (Å²) < 4.78 is 5.25. The van der Waals surface area contributed by atoms with Gasteiger partial charge in [0.25, 0.3) is 0 Å². The van der Waals surface area contributed by atoms with Crippen LogP contribution in [0.2, 0.25) is 0 Å². The summed E-state index contributed by atoms with van der Waals surface area (Å²) >= 11 is 0. The number of nitrogens with zero attached hydrogens (tertiary/aromatic N) is 1. The largest absolute Gasteiger partial charge is 0.508 e. The number of aromatic hydroxyl groups is 1. The molecule has 0 saturated heterocycles. The summed E-state index contributed by atoms with van der Waals surface area (Å²) in [6.45, 7) is 0. The van der Waals surface area contributed by atoms with Gasteiger partial charge in [-0.05, 0) is 59.2 Å². The molecule has 1 N–H and O–H groups in total. The monoisotopic (exact) mass is 353 g/mol. The van der Waals surface area contributed by atoms with E-state index in [1.807, 2.05) is 42.5 Å². The van der Waals surface area contributed by atoms with Gasteiger partial charge in [0, 0.05) is 5.39 Å². The number of hydrogen-bond donors (Lipinski definition) is 1. The summed E-state index contributed by atoms with van der Waals surface area (Å²) in [5, 5.41) is 10.5. The van der Waals surface area contributed by atoms with Crippen LogP contribution in [0.25, 0.3) is 34.2 Å². The van der Waals surface area contributed by atoms with E-state index in [1.54, 1.807) is 19.2 Å². The molecule has 0 saturated carbocycles. The lowest BCUT2D eigenvalue weighted by Crippen LogP contribution is -1.86. The maximum atomic E-state index is 9.40. The molecule has 0 fully saturated rings. The highest BCUT2D eigenvalue weighted by Gasteiger charge is 2.00. The number of benzene rings is 3. The molecule has 3 nitrogen and oxygen atoms in total. The summed E-state index contributed by atoms with van der Waals surface area (Å²) in [5.41, 5.74) is 5.16. The fourth-order valence-corrected chi connectivity index (χ4v) is 2.96. The van der Waals surface area contributed by atoms with Gasteiger partial charge in [-0.1, -0.05) is 48.5 Å². The Morgan fingerprint density at radius 1 is 0.778 bits per heavy atom. The molecule has 0 aliphatic rings.